The van der Waals surface area contributed by atoms with Gasteiger partial charge in [0, 0.05) is 20.2 Å². The number of halogens is 1. The topological polar surface area (TPSA) is 62.6 Å². The number of nitrogens with zero attached hydrogens (tertiary/aromatic N) is 2. The molecule has 0 saturated heterocycles. The number of carbonyl (C=O) groups is 1. The molecule has 0 bridgehead atoms. The summed E-state index contributed by atoms with van der Waals surface area (Å²) in [4.78, 5) is 13.2. The lowest BCUT2D eigenvalue weighted by Gasteiger charge is -2.13. The molecule has 1 amide bonds. The quantitative estimate of drug-likeness (QED) is 0.596. The minimum absolute atomic E-state index is 0.00138. The largest absolute Gasteiger partial charge is 0.490 e. The highest BCUT2D eigenvalue weighted by molar-refractivity contribution is 6.32. The third kappa shape index (κ3) is 4.40. The van der Waals surface area contributed by atoms with Crippen molar-refractivity contribution in [2.24, 2.45) is 0 Å². The van der Waals surface area contributed by atoms with Gasteiger partial charge in [0.2, 0.25) is 0 Å². The second kappa shape index (κ2) is 8.30. The highest BCUT2D eigenvalue weighted by Crippen LogP contribution is 2.34. The lowest BCUT2D eigenvalue weighted by molar-refractivity contribution is -0.124. The average molecular weight is 323 g/mol. The Morgan fingerprint density at radius 1 is 1.27 bits per heavy atom. The summed E-state index contributed by atoms with van der Waals surface area (Å²) in [6, 6.07) is 5.18. The molecule has 0 unspecified atom stereocenters. The minimum atomic E-state index is -0.384. The summed E-state index contributed by atoms with van der Waals surface area (Å²) in [7, 11) is 3.16. The third-order valence-corrected chi connectivity index (χ3v) is 3.05. The van der Waals surface area contributed by atoms with E-state index in [0.717, 1.165) is 0 Å². The lowest BCUT2D eigenvalue weighted by Crippen LogP contribution is -2.22. The summed E-state index contributed by atoms with van der Waals surface area (Å²) in [5.41, 5.74) is 0.527. The molecule has 0 heterocycles. The van der Waals surface area contributed by atoms with Crippen LogP contribution in [0, 0.1) is 11.3 Å². The molecule has 0 atom stereocenters. The van der Waals surface area contributed by atoms with Gasteiger partial charge in [-0.25, -0.2) is 0 Å². The number of hydrogen-bond donors (Lipinski definition) is 0. The van der Waals surface area contributed by atoms with Crippen molar-refractivity contribution in [2.75, 3.05) is 27.3 Å². The predicted molar refractivity (Wildman–Crippen MR) is 86.1 cm³/mol. The van der Waals surface area contributed by atoms with E-state index in [0.29, 0.717) is 35.3 Å². The van der Waals surface area contributed by atoms with E-state index < -0.39 is 0 Å². The summed E-state index contributed by atoms with van der Waals surface area (Å²) in [5.74, 6) is 0.670. The molecular formula is C16H19ClN2O3. The number of rotatable bonds is 6. The molecule has 0 aromatic heterocycles. The van der Waals surface area contributed by atoms with Crippen LogP contribution in [0.4, 0.5) is 0 Å². The van der Waals surface area contributed by atoms with Crippen LogP contribution in [0.1, 0.15) is 19.4 Å². The average Bonchev–Trinajstić information content (AvgIpc) is 2.48. The maximum Gasteiger partial charge on any atom is 0.264 e. The molecule has 0 aliphatic rings. The third-order valence-electron chi connectivity index (χ3n) is 2.72. The molecule has 0 saturated carbocycles. The number of hydrogen-bond acceptors (Lipinski definition) is 4. The number of nitriles is 1. The standard InChI is InChI=1S/C16H19ClN2O3/c1-5-21-14-8-11(13(17)9-15(14)22-6-2)7-12(10-18)16(20)19(3)4/h7-9H,5-6H2,1-4H3/b12-7-. The van der Waals surface area contributed by atoms with Crippen molar-refractivity contribution in [1.82, 2.24) is 4.90 Å². The van der Waals surface area contributed by atoms with Crippen molar-refractivity contribution in [3.05, 3.63) is 28.3 Å². The molecule has 1 aromatic carbocycles. The first-order valence-corrected chi connectivity index (χ1v) is 7.24. The van der Waals surface area contributed by atoms with E-state index in [1.807, 2.05) is 19.9 Å². The van der Waals surface area contributed by atoms with Crippen molar-refractivity contribution in [1.29, 1.82) is 5.26 Å². The van der Waals surface area contributed by atoms with E-state index in [9.17, 15) is 4.79 Å². The second-order valence-corrected chi connectivity index (χ2v) is 4.96. The zero-order valence-electron chi connectivity index (χ0n) is 13.1. The van der Waals surface area contributed by atoms with Crippen molar-refractivity contribution >= 4 is 23.6 Å². The molecule has 0 N–H and O–H groups in total. The van der Waals surface area contributed by atoms with Crippen LogP contribution in [0.25, 0.3) is 6.08 Å². The molecule has 1 rings (SSSR count). The number of amides is 1. The molecule has 6 heteroatoms. The Morgan fingerprint density at radius 3 is 2.27 bits per heavy atom. The van der Waals surface area contributed by atoms with Crippen molar-refractivity contribution in [3.63, 3.8) is 0 Å². The summed E-state index contributed by atoms with van der Waals surface area (Å²) in [6.07, 6.45) is 1.45. The van der Waals surface area contributed by atoms with Crippen molar-refractivity contribution < 1.29 is 14.3 Å². The number of carbonyl (C=O) groups excluding carboxylic acids is 1. The van der Waals surface area contributed by atoms with Gasteiger partial charge in [0.15, 0.2) is 11.5 Å². The summed E-state index contributed by atoms with van der Waals surface area (Å²) in [6.45, 7) is 4.66. The molecule has 0 fully saturated rings. The van der Waals surface area contributed by atoms with Gasteiger partial charge in [-0.1, -0.05) is 11.6 Å². The minimum Gasteiger partial charge on any atom is -0.490 e. The molecule has 118 valence electrons. The Balaban J connectivity index is 3.32. The smallest absolute Gasteiger partial charge is 0.264 e. The molecule has 0 spiro atoms. The van der Waals surface area contributed by atoms with Gasteiger partial charge >= 0.3 is 0 Å². The molecule has 5 nitrogen and oxygen atoms in total. The van der Waals surface area contributed by atoms with Gasteiger partial charge in [-0.15, -0.1) is 0 Å². The fourth-order valence-corrected chi connectivity index (χ4v) is 1.94. The van der Waals surface area contributed by atoms with E-state index in [-0.39, 0.29) is 11.5 Å². The van der Waals surface area contributed by atoms with Gasteiger partial charge in [-0.2, -0.15) is 5.26 Å². The predicted octanol–water partition coefficient (Wildman–Crippen LogP) is 3.13. The Kier molecular flexibility index (Phi) is 6.74. The van der Waals surface area contributed by atoms with Crippen LogP contribution in [0.5, 0.6) is 11.5 Å². The highest BCUT2D eigenvalue weighted by Gasteiger charge is 2.14. The van der Waals surface area contributed by atoms with Crippen molar-refractivity contribution in [2.45, 2.75) is 13.8 Å². The maximum absolute atomic E-state index is 11.9. The first-order valence-electron chi connectivity index (χ1n) is 6.87. The Bertz CT molecular complexity index is 619. The van der Waals surface area contributed by atoms with E-state index in [1.165, 1.54) is 11.0 Å². The number of likely N-dealkylation sites (N-methyl/N-ethyl adjacent to an activating group) is 1. The monoisotopic (exact) mass is 322 g/mol. The first kappa shape index (κ1) is 17.9. The Morgan fingerprint density at radius 2 is 1.82 bits per heavy atom. The van der Waals surface area contributed by atoms with Gasteiger partial charge in [0.25, 0.3) is 5.91 Å². The Hall–Kier alpha value is -2.19. The van der Waals surface area contributed by atoms with Gasteiger partial charge in [-0.05, 0) is 31.6 Å². The van der Waals surface area contributed by atoms with Gasteiger partial charge in [0.05, 0.1) is 18.2 Å². The normalized spacial score (nSPS) is 10.8. The number of ether oxygens (including phenoxy) is 2. The highest BCUT2D eigenvalue weighted by atomic mass is 35.5. The van der Waals surface area contributed by atoms with Crippen LogP contribution >= 0.6 is 11.6 Å². The van der Waals surface area contributed by atoms with Gasteiger partial charge < -0.3 is 14.4 Å². The van der Waals surface area contributed by atoms with Gasteiger partial charge in [0.1, 0.15) is 11.6 Å². The maximum atomic E-state index is 11.9. The zero-order chi connectivity index (χ0) is 16.7. The zero-order valence-corrected chi connectivity index (χ0v) is 13.9. The first-order chi connectivity index (χ1) is 10.4. The molecule has 22 heavy (non-hydrogen) atoms. The molecule has 0 aliphatic carbocycles. The van der Waals surface area contributed by atoms with Crippen LogP contribution in [0.3, 0.4) is 0 Å². The summed E-state index contributed by atoms with van der Waals surface area (Å²) >= 11 is 6.21. The van der Waals surface area contributed by atoms with Crippen LogP contribution in [-0.4, -0.2) is 38.1 Å². The van der Waals surface area contributed by atoms with Crippen molar-refractivity contribution in [3.8, 4) is 17.6 Å². The van der Waals surface area contributed by atoms with Crippen LogP contribution < -0.4 is 9.47 Å². The Labute approximate surface area is 135 Å². The van der Waals surface area contributed by atoms with Crippen LogP contribution in [-0.2, 0) is 4.79 Å². The van der Waals surface area contributed by atoms with E-state index >= 15 is 0 Å². The van der Waals surface area contributed by atoms with Gasteiger partial charge in [-0.3, -0.25) is 4.79 Å². The van der Waals surface area contributed by atoms with Crippen LogP contribution in [0.15, 0.2) is 17.7 Å². The summed E-state index contributed by atoms with van der Waals surface area (Å²) in [5, 5.41) is 9.52. The second-order valence-electron chi connectivity index (χ2n) is 4.56. The molecule has 0 aliphatic heterocycles. The fourth-order valence-electron chi connectivity index (χ4n) is 1.74. The SMILES string of the molecule is CCOc1cc(Cl)c(/C=C(/C#N)C(=O)N(C)C)cc1OCC. The molecule has 0 radical (unpaired) electrons. The van der Waals surface area contributed by atoms with E-state index in [4.69, 9.17) is 26.3 Å². The van der Waals surface area contributed by atoms with E-state index in [1.54, 1.807) is 26.2 Å². The fraction of sp³-hybridized carbons (Fsp3) is 0.375. The lowest BCUT2D eigenvalue weighted by atomic mass is 10.1. The number of benzene rings is 1. The van der Waals surface area contributed by atoms with E-state index in [2.05, 4.69) is 0 Å². The van der Waals surface area contributed by atoms with Crippen LogP contribution in [0.2, 0.25) is 5.02 Å². The summed E-state index contributed by atoms with van der Waals surface area (Å²) < 4.78 is 11.0. The molecular weight excluding hydrogens is 304 g/mol. The molecule has 1 aromatic rings.